The van der Waals surface area contributed by atoms with Crippen LogP contribution in [0.2, 0.25) is 0 Å². The summed E-state index contributed by atoms with van der Waals surface area (Å²) >= 11 is 0. The van der Waals surface area contributed by atoms with Crippen LogP contribution in [-0.4, -0.2) is 52.9 Å². The predicted molar refractivity (Wildman–Crippen MR) is 91.7 cm³/mol. The molecule has 9 heteroatoms. The number of benzene rings is 1. The number of rotatable bonds is 6. The van der Waals surface area contributed by atoms with Crippen molar-refractivity contribution in [3.05, 3.63) is 47.8 Å². The molecule has 1 fully saturated rings. The van der Waals surface area contributed by atoms with Crippen molar-refractivity contribution in [3.63, 3.8) is 0 Å². The maximum atomic E-state index is 13.5. The highest BCUT2D eigenvalue weighted by Gasteiger charge is 2.25. The number of aromatic hydroxyl groups is 1. The Labute approximate surface area is 154 Å². The van der Waals surface area contributed by atoms with Crippen molar-refractivity contribution in [1.82, 2.24) is 14.9 Å². The molecule has 0 radical (unpaired) electrons. The summed E-state index contributed by atoms with van der Waals surface area (Å²) in [6.07, 6.45) is 4.00. The van der Waals surface area contributed by atoms with E-state index in [-0.39, 0.29) is 18.2 Å². The van der Waals surface area contributed by atoms with Gasteiger partial charge in [0.15, 0.2) is 11.6 Å². The van der Waals surface area contributed by atoms with Gasteiger partial charge in [0, 0.05) is 19.2 Å². The third-order valence-corrected chi connectivity index (χ3v) is 4.40. The molecule has 1 aliphatic rings. The molecule has 2 aromatic rings. The van der Waals surface area contributed by atoms with Crippen molar-refractivity contribution in [1.29, 1.82) is 0 Å². The van der Waals surface area contributed by atoms with Gasteiger partial charge in [0.25, 0.3) is 5.91 Å². The van der Waals surface area contributed by atoms with Gasteiger partial charge in [0.05, 0.1) is 26.1 Å². The number of phenols is 1. The van der Waals surface area contributed by atoms with Gasteiger partial charge in [-0.25, -0.2) is 14.2 Å². The maximum Gasteiger partial charge on any atom is 0.328 e. The minimum absolute atomic E-state index is 0.00673. The second-order valence-corrected chi connectivity index (χ2v) is 6.26. The van der Waals surface area contributed by atoms with E-state index in [1.54, 1.807) is 12.5 Å². The molecule has 1 amide bonds. The van der Waals surface area contributed by atoms with Crippen LogP contribution in [-0.2, 0) is 20.7 Å². The van der Waals surface area contributed by atoms with Crippen LogP contribution in [0.5, 0.6) is 5.75 Å². The van der Waals surface area contributed by atoms with Crippen molar-refractivity contribution in [3.8, 4) is 5.75 Å². The first-order chi connectivity index (χ1) is 13.0. The molecule has 27 heavy (non-hydrogen) atoms. The van der Waals surface area contributed by atoms with Gasteiger partial charge in [-0.3, -0.25) is 4.79 Å². The number of halogens is 1. The number of hydrogen-bond acceptors (Lipinski definition) is 6. The summed E-state index contributed by atoms with van der Waals surface area (Å²) in [4.78, 5) is 28.6. The Morgan fingerprint density at radius 3 is 3.00 bits per heavy atom. The van der Waals surface area contributed by atoms with Gasteiger partial charge in [0.2, 0.25) is 0 Å². The average molecular weight is 377 g/mol. The molecule has 2 unspecified atom stereocenters. The van der Waals surface area contributed by atoms with Crippen LogP contribution >= 0.6 is 0 Å². The van der Waals surface area contributed by atoms with Crippen LogP contribution in [0, 0.1) is 5.82 Å². The lowest BCUT2D eigenvalue weighted by atomic mass is 10.1. The Morgan fingerprint density at radius 2 is 2.33 bits per heavy atom. The smallest absolute Gasteiger partial charge is 0.328 e. The molecule has 1 saturated heterocycles. The lowest BCUT2D eigenvalue weighted by molar-refractivity contribution is -0.142. The van der Waals surface area contributed by atoms with Gasteiger partial charge in [-0.1, -0.05) is 6.07 Å². The third kappa shape index (κ3) is 4.43. The van der Waals surface area contributed by atoms with Crippen LogP contribution in [0.25, 0.3) is 0 Å². The zero-order valence-electron chi connectivity index (χ0n) is 14.7. The van der Waals surface area contributed by atoms with Crippen LogP contribution in [0.15, 0.2) is 30.7 Å². The molecule has 2 atom stereocenters. The second kappa shape index (κ2) is 8.17. The summed E-state index contributed by atoms with van der Waals surface area (Å²) in [5.74, 6) is -2.50. The lowest BCUT2D eigenvalue weighted by Crippen LogP contribution is -2.43. The molecular formula is C18H20FN3O5. The number of methoxy groups -OCH3 is 1. The molecular weight excluding hydrogens is 357 g/mol. The normalized spacial score (nSPS) is 17.5. The van der Waals surface area contributed by atoms with E-state index < -0.39 is 29.5 Å². The molecule has 0 aliphatic carbocycles. The number of hydrogen-bond donors (Lipinski definition) is 2. The number of amides is 1. The molecule has 3 rings (SSSR count). The Morgan fingerprint density at radius 1 is 1.52 bits per heavy atom. The Balaban J connectivity index is 1.70. The van der Waals surface area contributed by atoms with Crippen LogP contribution in [0.3, 0.4) is 0 Å². The highest BCUT2D eigenvalue weighted by atomic mass is 19.1. The number of nitrogens with one attached hydrogen (secondary N) is 1. The van der Waals surface area contributed by atoms with E-state index in [2.05, 4.69) is 10.3 Å². The fourth-order valence-corrected chi connectivity index (χ4v) is 2.89. The summed E-state index contributed by atoms with van der Waals surface area (Å²) < 4.78 is 25.4. The highest BCUT2D eigenvalue weighted by Crippen LogP contribution is 2.19. The fourth-order valence-electron chi connectivity index (χ4n) is 2.89. The molecule has 0 spiro atoms. The average Bonchev–Trinajstić information content (AvgIpc) is 3.34. The topological polar surface area (TPSA) is 103 Å². The number of carbonyl (C=O) groups is 2. The van der Waals surface area contributed by atoms with E-state index in [9.17, 15) is 19.1 Å². The number of aromatic nitrogens is 2. The highest BCUT2D eigenvalue weighted by molar-refractivity contribution is 5.95. The van der Waals surface area contributed by atoms with Crippen molar-refractivity contribution >= 4 is 11.9 Å². The molecule has 2 N–H and O–H groups in total. The van der Waals surface area contributed by atoms with E-state index in [1.165, 1.54) is 19.2 Å². The van der Waals surface area contributed by atoms with Gasteiger partial charge >= 0.3 is 5.97 Å². The summed E-state index contributed by atoms with van der Waals surface area (Å²) in [7, 11) is 1.20. The number of esters is 1. The Kier molecular flexibility index (Phi) is 5.70. The van der Waals surface area contributed by atoms with Gasteiger partial charge in [-0.05, 0) is 24.1 Å². The van der Waals surface area contributed by atoms with E-state index in [4.69, 9.17) is 9.47 Å². The fraction of sp³-hybridized carbons (Fsp3) is 0.389. The summed E-state index contributed by atoms with van der Waals surface area (Å²) in [5, 5.41) is 11.8. The first kappa shape index (κ1) is 18.8. The van der Waals surface area contributed by atoms with E-state index >= 15 is 0 Å². The number of nitrogens with zero attached hydrogens (tertiary/aromatic N) is 2. The van der Waals surface area contributed by atoms with Crippen LogP contribution in [0.4, 0.5) is 4.39 Å². The minimum atomic E-state index is -1.02. The molecule has 2 heterocycles. The van der Waals surface area contributed by atoms with Crippen LogP contribution in [0.1, 0.15) is 28.5 Å². The largest absolute Gasteiger partial charge is 0.505 e. The van der Waals surface area contributed by atoms with Gasteiger partial charge < -0.3 is 24.5 Å². The van der Waals surface area contributed by atoms with E-state index in [0.29, 0.717) is 18.8 Å². The van der Waals surface area contributed by atoms with Crippen molar-refractivity contribution in [2.75, 3.05) is 20.3 Å². The number of ether oxygens (including phenoxy) is 2. The predicted octanol–water partition coefficient (Wildman–Crippen LogP) is 1.20. The number of carbonyl (C=O) groups excluding carboxylic acids is 2. The third-order valence-electron chi connectivity index (χ3n) is 4.40. The Bertz CT molecular complexity index is 832. The van der Waals surface area contributed by atoms with Gasteiger partial charge in [-0.2, -0.15) is 0 Å². The molecule has 1 aromatic carbocycles. The number of imidazole rings is 1. The van der Waals surface area contributed by atoms with Gasteiger partial charge in [-0.15, -0.1) is 0 Å². The van der Waals surface area contributed by atoms with E-state index in [1.807, 2.05) is 4.57 Å². The monoisotopic (exact) mass is 377 g/mol. The quantitative estimate of drug-likeness (QED) is 0.734. The lowest BCUT2D eigenvalue weighted by Gasteiger charge is -2.16. The molecule has 1 aromatic heterocycles. The molecule has 1 aliphatic heterocycles. The zero-order valence-corrected chi connectivity index (χ0v) is 14.7. The first-order valence-electron chi connectivity index (χ1n) is 8.45. The van der Waals surface area contributed by atoms with Gasteiger partial charge in [0.1, 0.15) is 11.7 Å². The van der Waals surface area contributed by atoms with Crippen molar-refractivity contribution in [2.45, 2.75) is 24.9 Å². The first-order valence-corrected chi connectivity index (χ1v) is 8.45. The standard InChI is InChI=1S/C18H20FN3O5/c1-26-18(25)14(7-11-2-3-16(23)13(19)6-11)21-17(24)15-8-22(10-20-15)12-4-5-27-9-12/h2-3,6,8,10,12,14,23H,4-5,7,9H2,1H3,(H,21,24). The summed E-state index contributed by atoms with van der Waals surface area (Å²) in [6.45, 7) is 1.23. The molecule has 144 valence electrons. The second-order valence-electron chi connectivity index (χ2n) is 6.26. The Hall–Kier alpha value is -2.94. The summed E-state index contributed by atoms with van der Waals surface area (Å²) in [6, 6.07) is 2.87. The molecule has 0 bridgehead atoms. The van der Waals surface area contributed by atoms with Crippen molar-refractivity contribution < 1.29 is 28.6 Å². The summed E-state index contributed by atoms with van der Waals surface area (Å²) in [5.41, 5.74) is 0.585. The zero-order chi connectivity index (χ0) is 19.4. The maximum absolute atomic E-state index is 13.5. The minimum Gasteiger partial charge on any atom is -0.505 e. The van der Waals surface area contributed by atoms with Crippen molar-refractivity contribution in [2.24, 2.45) is 0 Å². The SMILES string of the molecule is COC(=O)C(Cc1ccc(O)c(F)c1)NC(=O)c1cn(C2CCOC2)cn1. The number of phenolic OH excluding ortho intramolecular Hbond substituents is 1. The molecule has 8 nitrogen and oxygen atoms in total. The van der Waals surface area contributed by atoms with Crippen LogP contribution < -0.4 is 5.32 Å². The molecule has 0 saturated carbocycles. The van der Waals surface area contributed by atoms with E-state index in [0.717, 1.165) is 12.5 Å².